The minimum absolute atomic E-state index is 0.217. The molecule has 0 bridgehead atoms. The molecule has 0 spiro atoms. The predicted octanol–water partition coefficient (Wildman–Crippen LogP) is 4.77. The number of hydrogen-bond donors (Lipinski definition) is 1. The molecule has 1 fully saturated rings. The number of phenols is 1. The molecule has 0 aliphatic carbocycles. The number of fused-ring (bicyclic) bond motifs is 1. The van der Waals surface area contributed by atoms with Crippen LogP contribution in [0, 0.1) is 0 Å². The highest BCUT2D eigenvalue weighted by atomic mass is 16.3. The van der Waals surface area contributed by atoms with Gasteiger partial charge >= 0.3 is 0 Å². The minimum atomic E-state index is 0.217. The summed E-state index contributed by atoms with van der Waals surface area (Å²) in [6.07, 6.45) is 4.80. The second-order valence-electron chi connectivity index (χ2n) is 6.66. The average Bonchev–Trinajstić information content (AvgIpc) is 2.67. The molecule has 1 aromatic heterocycles. The van der Waals surface area contributed by atoms with E-state index >= 15 is 0 Å². The molecule has 3 aromatic rings. The molecule has 0 saturated carbocycles. The summed E-state index contributed by atoms with van der Waals surface area (Å²) in [5, 5.41) is 11.3. The van der Waals surface area contributed by atoms with Gasteiger partial charge < -0.3 is 10.0 Å². The van der Waals surface area contributed by atoms with Gasteiger partial charge in [0.1, 0.15) is 11.6 Å². The van der Waals surface area contributed by atoms with E-state index in [-0.39, 0.29) is 5.75 Å². The van der Waals surface area contributed by atoms with E-state index in [1.807, 2.05) is 36.4 Å². The molecule has 25 heavy (non-hydrogen) atoms. The van der Waals surface area contributed by atoms with E-state index in [4.69, 9.17) is 9.97 Å². The number of phenolic OH excluding ortho intramolecular Hbond substituents is 1. The van der Waals surface area contributed by atoms with Crippen LogP contribution >= 0.6 is 0 Å². The Balaban J connectivity index is 1.92. The highest BCUT2D eigenvalue weighted by Crippen LogP contribution is 2.34. The third kappa shape index (κ3) is 2.93. The van der Waals surface area contributed by atoms with Crippen LogP contribution in [-0.2, 0) is 0 Å². The van der Waals surface area contributed by atoms with Crippen molar-refractivity contribution in [2.24, 2.45) is 0 Å². The van der Waals surface area contributed by atoms with Gasteiger partial charge in [-0.2, -0.15) is 0 Å². The van der Waals surface area contributed by atoms with Crippen molar-refractivity contribution in [3.8, 4) is 17.1 Å². The first-order valence-corrected chi connectivity index (χ1v) is 9.09. The lowest BCUT2D eigenvalue weighted by Gasteiger charge is -2.37. The normalized spacial score (nSPS) is 17.8. The van der Waals surface area contributed by atoms with Gasteiger partial charge in [-0.05, 0) is 49.9 Å². The summed E-state index contributed by atoms with van der Waals surface area (Å²) in [5.74, 6) is 1.80. The van der Waals surface area contributed by atoms with Gasteiger partial charge in [-0.25, -0.2) is 9.97 Å². The fraction of sp³-hybridized carbons (Fsp3) is 0.333. The highest BCUT2D eigenvalue weighted by molar-refractivity contribution is 5.91. The van der Waals surface area contributed by atoms with Crippen LogP contribution in [0.5, 0.6) is 5.75 Å². The van der Waals surface area contributed by atoms with Gasteiger partial charge in [0.05, 0.1) is 11.1 Å². The lowest BCUT2D eigenvalue weighted by Crippen LogP contribution is -2.39. The summed E-state index contributed by atoms with van der Waals surface area (Å²) in [6.45, 7) is 3.27. The largest absolute Gasteiger partial charge is 0.507 e. The first-order chi connectivity index (χ1) is 12.3. The van der Waals surface area contributed by atoms with E-state index in [0.29, 0.717) is 17.4 Å². The number of benzene rings is 2. The molecule has 4 rings (SSSR count). The lowest BCUT2D eigenvalue weighted by molar-refractivity contribution is 0.448. The van der Waals surface area contributed by atoms with Crippen LogP contribution in [-0.4, -0.2) is 27.7 Å². The van der Waals surface area contributed by atoms with Crippen molar-refractivity contribution in [1.29, 1.82) is 0 Å². The van der Waals surface area contributed by atoms with Crippen LogP contribution in [0.25, 0.3) is 22.3 Å². The van der Waals surface area contributed by atoms with Gasteiger partial charge in [-0.15, -0.1) is 0 Å². The fourth-order valence-electron chi connectivity index (χ4n) is 3.77. The zero-order valence-corrected chi connectivity index (χ0v) is 14.5. The molecule has 0 amide bonds. The zero-order chi connectivity index (χ0) is 17.2. The van der Waals surface area contributed by atoms with Gasteiger partial charge in [-0.1, -0.05) is 31.2 Å². The van der Waals surface area contributed by atoms with Crippen molar-refractivity contribution < 1.29 is 5.11 Å². The number of aromatic hydroxyl groups is 1. The molecule has 2 heterocycles. The van der Waals surface area contributed by atoms with E-state index in [2.05, 4.69) is 17.9 Å². The van der Waals surface area contributed by atoms with Gasteiger partial charge in [0, 0.05) is 18.0 Å². The van der Waals surface area contributed by atoms with Gasteiger partial charge in [-0.3, -0.25) is 0 Å². The first kappa shape index (κ1) is 15.9. The number of nitrogens with zero attached hydrogens (tertiary/aromatic N) is 3. The Kier molecular flexibility index (Phi) is 4.26. The van der Waals surface area contributed by atoms with Crippen molar-refractivity contribution in [1.82, 2.24) is 9.97 Å². The van der Waals surface area contributed by atoms with Gasteiger partial charge in [0.15, 0.2) is 5.82 Å². The second-order valence-corrected chi connectivity index (χ2v) is 6.66. The maximum Gasteiger partial charge on any atom is 0.165 e. The fourth-order valence-corrected chi connectivity index (χ4v) is 3.77. The summed E-state index contributed by atoms with van der Waals surface area (Å²) in [5.41, 5.74) is 1.60. The highest BCUT2D eigenvalue weighted by Gasteiger charge is 2.25. The number of rotatable bonds is 3. The standard InChI is InChI=1S/C21H23N3O/c1-2-15-9-7-8-14-24(15)21-16-10-3-5-12-18(16)22-20(23-21)17-11-4-6-13-19(17)25/h3-6,10-13,15,25H,2,7-9,14H2,1H3/t15-/m1/s1. The van der Waals surface area contributed by atoms with Crippen LogP contribution < -0.4 is 4.90 Å². The third-order valence-electron chi connectivity index (χ3n) is 5.10. The Hall–Kier alpha value is -2.62. The van der Waals surface area contributed by atoms with E-state index in [9.17, 15) is 5.11 Å². The van der Waals surface area contributed by atoms with Crippen LogP contribution in [0.2, 0.25) is 0 Å². The molecule has 0 radical (unpaired) electrons. The number of piperidine rings is 1. The molecular formula is C21H23N3O. The molecule has 4 nitrogen and oxygen atoms in total. The molecular weight excluding hydrogens is 310 g/mol. The molecule has 4 heteroatoms. The summed E-state index contributed by atoms with van der Waals surface area (Å²) >= 11 is 0. The lowest BCUT2D eigenvalue weighted by atomic mass is 9.99. The summed E-state index contributed by atoms with van der Waals surface area (Å²) < 4.78 is 0. The molecule has 0 unspecified atom stereocenters. The molecule has 1 atom stereocenters. The van der Waals surface area contributed by atoms with Crippen LogP contribution in [0.3, 0.4) is 0 Å². The molecule has 128 valence electrons. The van der Waals surface area contributed by atoms with Crippen molar-refractivity contribution in [2.75, 3.05) is 11.4 Å². The minimum Gasteiger partial charge on any atom is -0.507 e. The monoisotopic (exact) mass is 333 g/mol. The predicted molar refractivity (Wildman–Crippen MR) is 102 cm³/mol. The van der Waals surface area contributed by atoms with Crippen molar-refractivity contribution in [3.05, 3.63) is 48.5 Å². The van der Waals surface area contributed by atoms with Crippen molar-refractivity contribution in [3.63, 3.8) is 0 Å². The third-order valence-corrected chi connectivity index (χ3v) is 5.10. The molecule has 1 aliphatic heterocycles. The quantitative estimate of drug-likeness (QED) is 0.750. The smallest absolute Gasteiger partial charge is 0.165 e. The number of para-hydroxylation sites is 2. The van der Waals surface area contributed by atoms with Gasteiger partial charge in [0.2, 0.25) is 0 Å². The van der Waals surface area contributed by atoms with Crippen LogP contribution in [0.15, 0.2) is 48.5 Å². The Morgan fingerprint density at radius 3 is 2.68 bits per heavy atom. The second kappa shape index (κ2) is 6.71. The number of anilines is 1. The van der Waals surface area contributed by atoms with E-state index in [1.54, 1.807) is 6.07 Å². The summed E-state index contributed by atoms with van der Waals surface area (Å²) in [6, 6.07) is 16.0. The molecule has 2 aromatic carbocycles. The summed E-state index contributed by atoms with van der Waals surface area (Å²) in [4.78, 5) is 12.1. The maximum atomic E-state index is 10.2. The average molecular weight is 333 g/mol. The SMILES string of the molecule is CC[C@@H]1CCCCN1c1nc(-c2ccccc2O)nc2ccccc12. The number of aromatic nitrogens is 2. The topological polar surface area (TPSA) is 49.2 Å². The van der Waals surface area contributed by atoms with Gasteiger partial charge in [0.25, 0.3) is 0 Å². The maximum absolute atomic E-state index is 10.2. The Bertz CT molecular complexity index is 893. The Morgan fingerprint density at radius 1 is 1.04 bits per heavy atom. The molecule has 1 N–H and O–H groups in total. The molecule has 1 saturated heterocycles. The van der Waals surface area contributed by atoms with E-state index in [1.165, 1.54) is 19.3 Å². The van der Waals surface area contributed by atoms with E-state index < -0.39 is 0 Å². The number of hydrogen-bond acceptors (Lipinski definition) is 4. The molecule has 1 aliphatic rings. The Labute approximate surface area is 148 Å². The first-order valence-electron chi connectivity index (χ1n) is 9.09. The van der Waals surface area contributed by atoms with Crippen LogP contribution in [0.1, 0.15) is 32.6 Å². The van der Waals surface area contributed by atoms with Crippen molar-refractivity contribution in [2.45, 2.75) is 38.6 Å². The van der Waals surface area contributed by atoms with Crippen molar-refractivity contribution >= 4 is 16.7 Å². The summed E-state index contributed by atoms with van der Waals surface area (Å²) in [7, 11) is 0. The van der Waals surface area contributed by atoms with Crippen LogP contribution in [0.4, 0.5) is 5.82 Å². The van der Waals surface area contributed by atoms with E-state index in [0.717, 1.165) is 29.7 Å². The zero-order valence-electron chi connectivity index (χ0n) is 14.5. The Morgan fingerprint density at radius 2 is 1.84 bits per heavy atom.